The Bertz CT molecular complexity index is 676. The van der Waals surface area contributed by atoms with Gasteiger partial charge in [0, 0.05) is 23.5 Å². The summed E-state index contributed by atoms with van der Waals surface area (Å²) in [4.78, 5) is 17.2. The lowest BCUT2D eigenvalue weighted by Gasteiger charge is -2.13. The summed E-state index contributed by atoms with van der Waals surface area (Å²) in [5, 5.41) is 4.43. The van der Waals surface area contributed by atoms with E-state index in [1.165, 1.54) is 11.3 Å². The zero-order valence-corrected chi connectivity index (χ0v) is 15.8. The van der Waals surface area contributed by atoms with Gasteiger partial charge in [-0.15, -0.1) is 23.7 Å². The molecule has 2 rings (SSSR count). The predicted octanol–water partition coefficient (Wildman–Crippen LogP) is 4.38. The Morgan fingerprint density at radius 3 is 2.74 bits per heavy atom. The van der Waals surface area contributed by atoms with Crippen molar-refractivity contribution in [2.45, 2.75) is 26.3 Å². The number of nitrogens with one attached hydrogen (secondary N) is 1. The molecule has 126 valence electrons. The van der Waals surface area contributed by atoms with E-state index in [0.29, 0.717) is 21.6 Å². The second kappa shape index (κ2) is 8.85. The molecule has 2 aromatic rings. The third-order valence-corrected chi connectivity index (χ3v) is 5.15. The number of anilines is 1. The molecule has 2 atom stereocenters. The van der Waals surface area contributed by atoms with Crippen LogP contribution < -0.4 is 11.1 Å². The summed E-state index contributed by atoms with van der Waals surface area (Å²) in [7, 11) is 0. The van der Waals surface area contributed by atoms with Crippen LogP contribution in [0.25, 0.3) is 0 Å². The van der Waals surface area contributed by atoms with Crippen LogP contribution in [0.4, 0.5) is 5.13 Å². The first-order valence-corrected chi connectivity index (χ1v) is 8.39. The van der Waals surface area contributed by atoms with E-state index in [-0.39, 0.29) is 30.3 Å². The molecule has 0 aliphatic rings. The summed E-state index contributed by atoms with van der Waals surface area (Å²) in [6.07, 6.45) is 2.35. The molecule has 0 spiro atoms. The summed E-state index contributed by atoms with van der Waals surface area (Å²) in [6, 6.07) is 5.33. The SMILES string of the molecule is CC(N)C(C)C(=O)Nc1ncc(Cc2cccc(Cl)c2Cl)s1.Cl. The Morgan fingerprint density at radius 2 is 2.09 bits per heavy atom. The van der Waals surface area contributed by atoms with Crippen LogP contribution >= 0.6 is 46.9 Å². The van der Waals surface area contributed by atoms with Crippen molar-refractivity contribution in [3.63, 3.8) is 0 Å². The molecule has 0 aliphatic heterocycles. The van der Waals surface area contributed by atoms with Gasteiger partial charge in [-0.1, -0.05) is 42.3 Å². The molecule has 2 unspecified atom stereocenters. The van der Waals surface area contributed by atoms with Gasteiger partial charge in [0.05, 0.1) is 16.0 Å². The average Bonchev–Trinajstić information content (AvgIpc) is 2.90. The first-order chi connectivity index (χ1) is 10.4. The van der Waals surface area contributed by atoms with Gasteiger partial charge in [0.25, 0.3) is 0 Å². The van der Waals surface area contributed by atoms with Crippen LogP contribution in [0.15, 0.2) is 24.4 Å². The van der Waals surface area contributed by atoms with Gasteiger partial charge < -0.3 is 11.1 Å². The fourth-order valence-electron chi connectivity index (χ4n) is 1.78. The van der Waals surface area contributed by atoms with Gasteiger partial charge in [-0.2, -0.15) is 0 Å². The predicted molar refractivity (Wildman–Crippen MR) is 100 cm³/mol. The summed E-state index contributed by atoms with van der Waals surface area (Å²) in [5.41, 5.74) is 6.65. The highest BCUT2D eigenvalue weighted by Crippen LogP contribution is 2.29. The molecule has 4 nitrogen and oxygen atoms in total. The van der Waals surface area contributed by atoms with Gasteiger partial charge in [-0.25, -0.2) is 4.98 Å². The smallest absolute Gasteiger partial charge is 0.230 e. The number of thiazole rings is 1. The molecule has 1 aromatic carbocycles. The highest BCUT2D eigenvalue weighted by Gasteiger charge is 2.18. The normalized spacial score (nSPS) is 13.1. The average molecular weight is 395 g/mol. The summed E-state index contributed by atoms with van der Waals surface area (Å²) >= 11 is 13.6. The third-order valence-electron chi connectivity index (χ3n) is 3.38. The second-order valence-corrected chi connectivity index (χ2v) is 7.06. The number of aromatic nitrogens is 1. The zero-order chi connectivity index (χ0) is 16.3. The van der Waals surface area contributed by atoms with Crippen molar-refractivity contribution in [3.8, 4) is 0 Å². The molecule has 0 saturated carbocycles. The van der Waals surface area contributed by atoms with Gasteiger partial charge in [0.15, 0.2) is 5.13 Å². The van der Waals surface area contributed by atoms with Crippen LogP contribution in [-0.4, -0.2) is 16.9 Å². The maximum atomic E-state index is 12.0. The maximum Gasteiger partial charge on any atom is 0.230 e. The minimum absolute atomic E-state index is 0. The Kier molecular flexibility index (Phi) is 7.77. The topological polar surface area (TPSA) is 68.0 Å². The molecule has 0 fully saturated rings. The Hall–Kier alpha value is -0.850. The number of nitrogens with two attached hydrogens (primary N) is 1. The fourth-order valence-corrected chi connectivity index (χ4v) is 3.00. The minimum Gasteiger partial charge on any atom is -0.327 e. The molecule has 8 heteroatoms. The summed E-state index contributed by atoms with van der Waals surface area (Å²) in [5.74, 6) is -0.397. The summed E-state index contributed by atoms with van der Waals surface area (Å²) < 4.78 is 0. The second-order valence-electron chi connectivity index (χ2n) is 5.16. The fraction of sp³-hybridized carbons (Fsp3) is 0.333. The van der Waals surface area contributed by atoms with Crippen molar-refractivity contribution in [1.29, 1.82) is 0 Å². The lowest BCUT2D eigenvalue weighted by molar-refractivity contribution is -0.119. The molecule has 0 radical (unpaired) electrons. The molecule has 1 aromatic heterocycles. The van der Waals surface area contributed by atoms with E-state index in [4.69, 9.17) is 28.9 Å². The highest BCUT2D eigenvalue weighted by atomic mass is 35.5. The number of hydrogen-bond donors (Lipinski definition) is 2. The minimum atomic E-state index is -0.269. The van der Waals surface area contributed by atoms with Crippen molar-refractivity contribution in [2.75, 3.05) is 5.32 Å². The number of carbonyl (C=O) groups excluding carboxylic acids is 1. The van der Waals surface area contributed by atoms with Gasteiger partial charge in [-0.3, -0.25) is 4.79 Å². The Morgan fingerprint density at radius 1 is 1.39 bits per heavy atom. The Labute approximate surface area is 155 Å². The van der Waals surface area contributed by atoms with E-state index in [1.54, 1.807) is 26.1 Å². The molecule has 0 aliphatic carbocycles. The molecule has 3 N–H and O–H groups in total. The van der Waals surface area contributed by atoms with Crippen molar-refractivity contribution >= 4 is 58.0 Å². The van der Waals surface area contributed by atoms with Crippen LogP contribution in [0.3, 0.4) is 0 Å². The van der Waals surface area contributed by atoms with Crippen LogP contribution in [0, 0.1) is 5.92 Å². The van der Waals surface area contributed by atoms with E-state index >= 15 is 0 Å². The third kappa shape index (κ3) is 5.33. The number of rotatable bonds is 5. The standard InChI is InChI=1S/C15H17Cl2N3OS.ClH/c1-8(9(2)18)14(21)20-15-19-7-11(22-15)6-10-4-3-5-12(16)13(10)17;/h3-5,7-9H,6,18H2,1-2H3,(H,19,20,21);1H. The Balaban J connectivity index is 0.00000264. The van der Waals surface area contributed by atoms with E-state index in [2.05, 4.69) is 10.3 Å². The molecular formula is C15H18Cl3N3OS. The van der Waals surface area contributed by atoms with Gasteiger partial charge in [0.1, 0.15) is 0 Å². The van der Waals surface area contributed by atoms with Crippen LogP contribution in [0.1, 0.15) is 24.3 Å². The molecule has 23 heavy (non-hydrogen) atoms. The molecule has 1 heterocycles. The maximum absolute atomic E-state index is 12.0. The first kappa shape index (κ1) is 20.2. The van der Waals surface area contributed by atoms with Crippen LogP contribution in [0.5, 0.6) is 0 Å². The van der Waals surface area contributed by atoms with Crippen LogP contribution in [-0.2, 0) is 11.2 Å². The van der Waals surface area contributed by atoms with Gasteiger partial charge >= 0.3 is 0 Å². The largest absolute Gasteiger partial charge is 0.327 e. The quantitative estimate of drug-likeness (QED) is 0.790. The van der Waals surface area contributed by atoms with E-state index in [1.807, 2.05) is 12.1 Å². The first-order valence-electron chi connectivity index (χ1n) is 6.82. The number of nitrogens with zero attached hydrogens (tertiary/aromatic N) is 1. The summed E-state index contributed by atoms with van der Waals surface area (Å²) in [6.45, 7) is 3.60. The molecule has 1 amide bonds. The molecular weight excluding hydrogens is 377 g/mol. The van der Waals surface area contributed by atoms with E-state index in [9.17, 15) is 4.79 Å². The van der Waals surface area contributed by atoms with Crippen molar-refractivity contribution in [2.24, 2.45) is 11.7 Å². The number of benzene rings is 1. The number of amides is 1. The van der Waals surface area contributed by atoms with Crippen molar-refractivity contribution in [3.05, 3.63) is 44.9 Å². The lowest BCUT2D eigenvalue weighted by Crippen LogP contribution is -2.34. The van der Waals surface area contributed by atoms with Crippen LogP contribution in [0.2, 0.25) is 10.0 Å². The van der Waals surface area contributed by atoms with Crippen molar-refractivity contribution < 1.29 is 4.79 Å². The van der Waals surface area contributed by atoms with Crippen molar-refractivity contribution in [1.82, 2.24) is 4.98 Å². The molecule has 0 saturated heterocycles. The highest BCUT2D eigenvalue weighted by molar-refractivity contribution is 7.15. The van der Waals surface area contributed by atoms with Gasteiger partial charge in [0.2, 0.25) is 5.91 Å². The zero-order valence-electron chi connectivity index (χ0n) is 12.7. The number of halogens is 3. The van der Waals surface area contributed by atoms with E-state index < -0.39 is 0 Å². The van der Waals surface area contributed by atoms with E-state index in [0.717, 1.165) is 10.4 Å². The number of carbonyl (C=O) groups is 1. The monoisotopic (exact) mass is 393 g/mol. The lowest BCUT2D eigenvalue weighted by atomic mass is 10.0. The molecule has 0 bridgehead atoms. The van der Waals surface area contributed by atoms with Gasteiger partial charge in [-0.05, 0) is 18.6 Å². The number of hydrogen-bond acceptors (Lipinski definition) is 4.